The fourth-order valence-corrected chi connectivity index (χ4v) is 12.1. The van der Waals surface area contributed by atoms with Crippen LogP contribution in [-0.2, 0) is 35.3 Å². The number of pyridine rings is 1. The van der Waals surface area contributed by atoms with E-state index < -0.39 is 53.1 Å². The topological polar surface area (TPSA) is 211 Å². The number of carboxylic acid groups (broad SMARTS) is 1. The Morgan fingerprint density at radius 3 is 1.92 bits per heavy atom. The molecule has 382 valence electrons. The van der Waals surface area contributed by atoms with Gasteiger partial charge in [-0.25, -0.2) is 9.59 Å². The van der Waals surface area contributed by atoms with Gasteiger partial charge >= 0.3 is 12.1 Å². The average Bonchev–Trinajstić information content (AvgIpc) is 3.87. The summed E-state index contributed by atoms with van der Waals surface area (Å²) in [4.78, 5) is 73.9. The molecule has 2 aromatic heterocycles. The smallest absolute Gasteiger partial charge is 0.407 e. The molecule has 18 heteroatoms. The number of nitrogens with one attached hydrogen (secondary N) is 2. The molecule has 0 saturated carbocycles. The number of alkyl carbamates (subject to hydrolysis) is 1. The number of aromatic nitrogens is 3. The van der Waals surface area contributed by atoms with Gasteiger partial charge in [-0.05, 0) is 49.9 Å². The Bertz CT molecular complexity index is 3060. The van der Waals surface area contributed by atoms with E-state index >= 15 is 0 Å². The molecule has 2 aliphatic heterocycles. The molecule has 0 spiro atoms. The standard InChI is InChI=1S/C57H54N8O7S3/c1-56(2,3)71-55(70)60-31-32-73-35-38-34-59-30-29-44(38)74-49-42(45(36-19-9-4-10-20-36)37-21-11-5-12-22-37)33-43-46(52(67)65(43)48(49)53(68)69)61-51(66)47(50-62-54(58)75-64-50)63-72-57(39-23-13-6-14-24-39,40-25-15-7-16-26-40)41-27-17-8-18-28-41/h4-30,34,42-43,45-46H,31-33,35H2,1-3H3,(H,60,70)(H,61,66)(H,68,69)(H2,58,62,64)/t42?,43-,46+/m1/s1. The molecular formula is C57H54N8O7S3. The number of allylic oxidation sites excluding steroid dienone is 1. The summed E-state index contributed by atoms with van der Waals surface area (Å²) in [6, 6.07) is 48.1. The van der Waals surface area contributed by atoms with Crippen molar-refractivity contribution in [2.75, 3.05) is 18.0 Å². The molecule has 3 amide bonds. The van der Waals surface area contributed by atoms with E-state index in [-0.39, 0.29) is 34.7 Å². The van der Waals surface area contributed by atoms with Gasteiger partial charge in [-0.15, -0.1) is 0 Å². The minimum Gasteiger partial charge on any atom is -0.477 e. The molecule has 9 rings (SSSR count). The Morgan fingerprint density at radius 1 is 0.840 bits per heavy atom. The first-order valence-corrected chi connectivity index (χ1v) is 27.0. The summed E-state index contributed by atoms with van der Waals surface area (Å²) >= 11 is 3.75. The lowest BCUT2D eigenvalue weighted by atomic mass is 9.71. The Hall–Kier alpha value is -7.80. The maximum atomic E-state index is 15.0. The van der Waals surface area contributed by atoms with E-state index in [1.807, 2.05) is 158 Å². The quantitative estimate of drug-likeness (QED) is 0.0196. The largest absolute Gasteiger partial charge is 0.477 e. The number of nitrogens with zero attached hydrogens (tertiary/aromatic N) is 5. The van der Waals surface area contributed by atoms with Crippen LogP contribution in [0.2, 0.25) is 0 Å². The third-order valence-corrected chi connectivity index (χ3v) is 15.6. The SMILES string of the molecule is CC(C)(C)OC(=O)NCCSCc1cnccc1SC1=C(C(=O)O)N2C(=O)[C@@H](NC(=O)C(=NOC(c3ccccc3)(c3ccccc3)c3ccccc3)c3nsc(N)n3)[C@H]2CC1C(c1ccccc1)c1ccccc1. The van der Waals surface area contributed by atoms with Gasteiger partial charge in [0.1, 0.15) is 17.3 Å². The second-order valence-electron chi connectivity index (χ2n) is 18.7. The lowest BCUT2D eigenvalue weighted by Crippen LogP contribution is -2.73. The van der Waals surface area contributed by atoms with Gasteiger partial charge in [0, 0.05) is 80.3 Å². The maximum absolute atomic E-state index is 15.0. The average molecular weight is 1060 g/mol. The van der Waals surface area contributed by atoms with E-state index in [4.69, 9.17) is 15.3 Å². The number of aliphatic carboxylic acids is 1. The number of rotatable bonds is 19. The summed E-state index contributed by atoms with van der Waals surface area (Å²) in [5.41, 5.74) is 8.47. The van der Waals surface area contributed by atoms with Crippen molar-refractivity contribution in [3.8, 4) is 0 Å². The van der Waals surface area contributed by atoms with E-state index in [0.717, 1.165) is 33.1 Å². The number of carbonyl (C=O) groups is 4. The number of carbonyl (C=O) groups excluding carboxylic acids is 3. The number of anilines is 1. The summed E-state index contributed by atoms with van der Waals surface area (Å²) in [6.45, 7) is 5.78. The number of nitrogen functional groups attached to an aromatic ring is 1. The molecule has 2 aliphatic rings. The monoisotopic (exact) mass is 1060 g/mol. The number of nitrogens with two attached hydrogens (primary N) is 1. The molecule has 1 saturated heterocycles. The van der Waals surface area contributed by atoms with Crippen LogP contribution in [0.5, 0.6) is 0 Å². The molecule has 3 atom stereocenters. The van der Waals surface area contributed by atoms with Crippen LogP contribution in [0.3, 0.4) is 0 Å². The molecule has 4 heterocycles. The van der Waals surface area contributed by atoms with Crippen molar-refractivity contribution < 1.29 is 33.9 Å². The van der Waals surface area contributed by atoms with Crippen molar-refractivity contribution in [2.45, 2.75) is 67.0 Å². The number of thioether (sulfide) groups is 2. The maximum Gasteiger partial charge on any atom is 0.407 e. The highest BCUT2D eigenvalue weighted by molar-refractivity contribution is 8.03. The molecule has 0 bridgehead atoms. The van der Waals surface area contributed by atoms with Gasteiger partial charge in [-0.1, -0.05) is 169 Å². The minimum absolute atomic E-state index is 0.0762. The van der Waals surface area contributed by atoms with Gasteiger partial charge in [-0.3, -0.25) is 19.5 Å². The molecule has 0 aliphatic carbocycles. The van der Waals surface area contributed by atoms with Crippen LogP contribution in [0.4, 0.5) is 9.93 Å². The van der Waals surface area contributed by atoms with E-state index in [1.54, 1.807) is 44.9 Å². The molecule has 7 aromatic rings. The van der Waals surface area contributed by atoms with Gasteiger partial charge in [-0.2, -0.15) is 21.1 Å². The highest BCUT2D eigenvalue weighted by Crippen LogP contribution is 2.53. The first kappa shape index (κ1) is 52.1. The van der Waals surface area contributed by atoms with Crippen LogP contribution in [-0.4, -0.2) is 83.9 Å². The third-order valence-electron chi connectivity index (χ3n) is 12.7. The van der Waals surface area contributed by atoms with Crippen molar-refractivity contribution in [2.24, 2.45) is 11.1 Å². The second-order valence-corrected chi connectivity index (χ2v) is 21.7. The number of amides is 3. The fraction of sp³-hybridized carbons (Fsp3) is 0.228. The molecule has 75 heavy (non-hydrogen) atoms. The Balaban J connectivity index is 1.08. The Labute approximate surface area is 447 Å². The lowest BCUT2D eigenvalue weighted by molar-refractivity contribution is -0.156. The zero-order valence-electron chi connectivity index (χ0n) is 41.2. The van der Waals surface area contributed by atoms with Crippen molar-refractivity contribution in [1.82, 2.24) is 29.9 Å². The first-order valence-electron chi connectivity index (χ1n) is 24.2. The number of benzene rings is 5. The summed E-state index contributed by atoms with van der Waals surface area (Å²) < 4.78 is 9.75. The highest BCUT2D eigenvalue weighted by atomic mass is 32.2. The summed E-state index contributed by atoms with van der Waals surface area (Å²) in [7, 11) is 0. The zero-order valence-corrected chi connectivity index (χ0v) is 43.7. The van der Waals surface area contributed by atoms with Crippen molar-refractivity contribution >= 4 is 69.8 Å². The van der Waals surface area contributed by atoms with Crippen LogP contribution >= 0.6 is 35.1 Å². The van der Waals surface area contributed by atoms with Gasteiger partial charge in [0.15, 0.2) is 5.13 Å². The number of carboxylic acids is 1. The van der Waals surface area contributed by atoms with Gasteiger partial charge < -0.3 is 31.0 Å². The van der Waals surface area contributed by atoms with E-state index in [0.29, 0.717) is 39.6 Å². The predicted molar refractivity (Wildman–Crippen MR) is 292 cm³/mol. The third kappa shape index (κ3) is 11.6. The Morgan fingerprint density at radius 2 is 1.40 bits per heavy atom. The molecule has 5 N–H and O–H groups in total. The number of ether oxygens (including phenoxy) is 1. The van der Waals surface area contributed by atoms with Gasteiger partial charge in [0.2, 0.25) is 17.1 Å². The molecular weight excluding hydrogens is 1000 g/mol. The van der Waals surface area contributed by atoms with Crippen LogP contribution in [0.25, 0.3) is 0 Å². The van der Waals surface area contributed by atoms with Crippen molar-refractivity contribution in [1.29, 1.82) is 0 Å². The van der Waals surface area contributed by atoms with Crippen molar-refractivity contribution in [3.63, 3.8) is 0 Å². The number of β-lactam (4-membered cyclic amide) rings is 1. The normalized spacial score (nSPS) is 16.7. The van der Waals surface area contributed by atoms with Crippen LogP contribution in [0, 0.1) is 5.92 Å². The number of hydrogen-bond acceptors (Lipinski definition) is 14. The number of hydrogen-bond donors (Lipinski definition) is 4. The van der Waals surface area contributed by atoms with Crippen LogP contribution in [0.1, 0.15) is 72.3 Å². The molecule has 15 nitrogen and oxygen atoms in total. The summed E-state index contributed by atoms with van der Waals surface area (Å²) in [6.07, 6.45) is 3.17. The molecule has 0 radical (unpaired) electrons. The molecule has 5 aromatic carbocycles. The lowest BCUT2D eigenvalue weighted by Gasteiger charge is -2.53. The summed E-state index contributed by atoms with van der Waals surface area (Å²) in [5, 5.41) is 21.7. The van der Waals surface area contributed by atoms with E-state index in [1.165, 1.54) is 16.7 Å². The van der Waals surface area contributed by atoms with E-state index in [2.05, 4.69) is 30.1 Å². The minimum atomic E-state index is -1.39. The van der Waals surface area contributed by atoms with E-state index in [9.17, 15) is 24.3 Å². The second kappa shape index (κ2) is 23.2. The predicted octanol–water partition coefficient (Wildman–Crippen LogP) is 9.62. The summed E-state index contributed by atoms with van der Waals surface area (Å²) in [5.74, 6) is -2.68. The van der Waals surface area contributed by atoms with Crippen LogP contribution < -0.4 is 16.4 Å². The number of fused-ring (bicyclic) bond motifs is 1. The first-order chi connectivity index (χ1) is 36.3. The Kier molecular flexibility index (Phi) is 16.1. The van der Waals surface area contributed by atoms with Crippen molar-refractivity contribution in [3.05, 3.63) is 220 Å². The van der Waals surface area contributed by atoms with Gasteiger partial charge in [0.25, 0.3) is 11.8 Å². The highest BCUT2D eigenvalue weighted by Gasteiger charge is 2.57. The molecule has 1 unspecified atom stereocenters. The fourth-order valence-electron chi connectivity index (χ4n) is 9.46. The zero-order chi connectivity index (χ0) is 52.5. The van der Waals surface area contributed by atoms with Gasteiger partial charge in [0.05, 0.1) is 6.04 Å². The molecule has 1 fully saturated rings. The van der Waals surface area contributed by atoms with Crippen LogP contribution in [0.15, 0.2) is 191 Å². The number of oxime groups is 1.